The van der Waals surface area contributed by atoms with Gasteiger partial charge in [-0.1, -0.05) is 34.2 Å². The minimum atomic E-state index is -0.702. The van der Waals surface area contributed by atoms with Crippen molar-refractivity contribution in [2.24, 2.45) is 5.73 Å². The average Bonchev–Trinajstić information content (AvgIpc) is 2.80. The average molecular weight is 308 g/mol. The van der Waals surface area contributed by atoms with Gasteiger partial charge in [-0.2, -0.15) is 0 Å². The standard InChI is InChI=1S/C13H18B5ClN2O/c14-7-6(19)3-5-4-1-2-12(16,17)13(18,11(20)22)10(4)21-9(5)8(7)15/h3,21H,1-2,14-18H2,(H2,20,22). The van der Waals surface area contributed by atoms with Crippen molar-refractivity contribution in [1.82, 2.24) is 4.98 Å². The fraction of sp³-hybridized carbons (Fsp3) is 0.308. The molecule has 0 spiro atoms. The van der Waals surface area contributed by atoms with Gasteiger partial charge in [0.1, 0.15) is 39.2 Å². The molecule has 0 saturated carbocycles. The summed E-state index contributed by atoms with van der Waals surface area (Å²) in [6.45, 7) is 0. The quantitative estimate of drug-likeness (QED) is 0.518. The van der Waals surface area contributed by atoms with Crippen LogP contribution in [0.15, 0.2) is 6.07 Å². The molecule has 0 aliphatic heterocycles. The predicted octanol–water partition coefficient (Wildman–Crippen LogP) is -4.02. The maximum Gasteiger partial charge on any atom is 0.220 e. The van der Waals surface area contributed by atoms with E-state index in [0.29, 0.717) is 0 Å². The molecule has 0 bridgehead atoms. The third-order valence-electron chi connectivity index (χ3n) is 6.06. The zero-order valence-electron chi connectivity index (χ0n) is 13.9. The lowest BCUT2D eigenvalue weighted by atomic mass is 9.32. The van der Waals surface area contributed by atoms with Crippen molar-refractivity contribution in [2.45, 2.75) is 23.4 Å². The van der Waals surface area contributed by atoms with E-state index < -0.39 is 5.31 Å². The molecule has 0 fully saturated rings. The van der Waals surface area contributed by atoms with Crippen molar-refractivity contribution in [3.8, 4) is 0 Å². The van der Waals surface area contributed by atoms with Crippen LogP contribution in [0.25, 0.3) is 10.9 Å². The van der Waals surface area contributed by atoms with Crippen molar-refractivity contribution in [1.29, 1.82) is 0 Å². The van der Waals surface area contributed by atoms with Gasteiger partial charge in [-0.25, -0.2) is 0 Å². The Morgan fingerprint density at radius 3 is 2.50 bits per heavy atom. The van der Waals surface area contributed by atoms with Gasteiger partial charge in [0.2, 0.25) is 5.91 Å². The largest absolute Gasteiger partial charge is 0.370 e. The first-order valence-corrected chi connectivity index (χ1v) is 8.09. The number of nitrogens with two attached hydrogens (primary N) is 1. The van der Waals surface area contributed by atoms with Crippen LogP contribution in [0, 0.1) is 0 Å². The molecule has 1 aliphatic rings. The summed E-state index contributed by atoms with van der Waals surface area (Å²) in [5.41, 5.74) is 11.3. The zero-order valence-corrected chi connectivity index (χ0v) is 14.6. The monoisotopic (exact) mass is 308 g/mol. The van der Waals surface area contributed by atoms with Crippen LogP contribution in [0.5, 0.6) is 0 Å². The van der Waals surface area contributed by atoms with Gasteiger partial charge in [-0.05, 0) is 18.1 Å². The van der Waals surface area contributed by atoms with Crippen LogP contribution < -0.4 is 16.7 Å². The third kappa shape index (κ3) is 1.79. The van der Waals surface area contributed by atoms with E-state index in [1.807, 2.05) is 21.8 Å². The van der Waals surface area contributed by atoms with E-state index in [4.69, 9.17) is 17.3 Å². The first-order valence-electron chi connectivity index (χ1n) is 7.72. The van der Waals surface area contributed by atoms with Crippen LogP contribution in [0.2, 0.25) is 10.2 Å². The number of carbonyl (C=O) groups is 1. The molecule has 108 valence electrons. The van der Waals surface area contributed by atoms with Crippen LogP contribution in [0.3, 0.4) is 0 Å². The number of fused-ring (bicyclic) bond motifs is 3. The van der Waals surface area contributed by atoms with Crippen molar-refractivity contribution >= 4 is 78.6 Å². The number of H-pyrrole nitrogens is 1. The van der Waals surface area contributed by atoms with E-state index in [1.165, 1.54) is 5.56 Å². The normalized spacial score (nSPS) is 23.3. The predicted molar refractivity (Wildman–Crippen MR) is 107 cm³/mol. The Morgan fingerprint density at radius 2 is 1.91 bits per heavy atom. The van der Waals surface area contributed by atoms with Gasteiger partial charge >= 0.3 is 0 Å². The highest BCUT2D eigenvalue weighted by molar-refractivity contribution is 6.57. The summed E-state index contributed by atoms with van der Waals surface area (Å²) >= 11 is 6.38. The lowest BCUT2D eigenvalue weighted by Crippen LogP contribution is -2.54. The second-order valence-corrected chi connectivity index (χ2v) is 7.79. The number of aromatic nitrogens is 1. The van der Waals surface area contributed by atoms with E-state index in [9.17, 15) is 4.79 Å². The number of aromatic amines is 1. The van der Waals surface area contributed by atoms with E-state index in [0.717, 1.165) is 45.4 Å². The Bertz CT molecular complexity index is 819. The molecule has 2 aromatic rings. The summed E-state index contributed by atoms with van der Waals surface area (Å²) in [5, 5.41) is 1.02. The lowest BCUT2D eigenvalue weighted by molar-refractivity contribution is -0.121. The molecular formula is C13H18B5ClN2O. The van der Waals surface area contributed by atoms with Crippen LogP contribution in [0.4, 0.5) is 0 Å². The van der Waals surface area contributed by atoms with Gasteiger partial charge in [0.15, 0.2) is 0 Å². The van der Waals surface area contributed by atoms with Gasteiger partial charge < -0.3 is 10.7 Å². The number of rotatable bonds is 1. The zero-order chi connectivity index (χ0) is 16.4. The first kappa shape index (κ1) is 15.7. The Labute approximate surface area is 140 Å². The van der Waals surface area contributed by atoms with E-state index in [2.05, 4.69) is 28.5 Å². The molecular weight excluding hydrogens is 290 g/mol. The molecule has 3 N–H and O–H groups in total. The number of hydrogen-bond acceptors (Lipinski definition) is 1. The van der Waals surface area contributed by atoms with E-state index in [-0.39, 0.29) is 11.1 Å². The molecule has 9 heteroatoms. The number of aryl methyl sites for hydroxylation is 1. The van der Waals surface area contributed by atoms with Gasteiger partial charge in [0, 0.05) is 26.9 Å². The molecule has 0 saturated heterocycles. The Morgan fingerprint density at radius 1 is 1.27 bits per heavy atom. The molecule has 1 aromatic carbocycles. The molecule has 1 amide bonds. The molecule has 1 atom stereocenters. The lowest BCUT2D eigenvalue weighted by Gasteiger charge is -2.46. The highest BCUT2D eigenvalue weighted by atomic mass is 35.5. The maximum absolute atomic E-state index is 12.3. The first-order chi connectivity index (χ1) is 10.1. The van der Waals surface area contributed by atoms with Crippen molar-refractivity contribution in [3.05, 3.63) is 22.3 Å². The number of carbonyl (C=O) groups excluding carboxylic acids is 1. The summed E-state index contributed by atoms with van der Waals surface area (Å²) < 4.78 is 0. The number of benzene rings is 1. The molecule has 3 nitrogen and oxygen atoms in total. The van der Waals surface area contributed by atoms with Crippen molar-refractivity contribution < 1.29 is 4.79 Å². The summed E-state index contributed by atoms with van der Waals surface area (Å²) in [6, 6.07) is 2.02. The van der Waals surface area contributed by atoms with E-state index >= 15 is 0 Å². The summed E-state index contributed by atoms with van der Waals surface area (Å²) in [5.74, 6) is -0.273. The van der Waals surface area contributed by atoms with Crippen LogP contribution in [-0.2, 0) is 16.5 Å². The van der Waals surface area contributed by atoms with Crippen LogP contribution in [0.1, 0.15) is 17.7 Å². The van der Waals surface area contributed by atoms with Gasteiger partial charge in [0.25, 0.3) is 0 Å². The second kappa shape index (κ2) is 4.67. The van der Waals surface area contributed by atoms with Gasteiger partial charge in [-0.3, -0.25) is 4.79 Å². The molecule has 22 heavy (non-hydrogen) atoms. The molecule has 1 unspecified atom stereocenters. The number of nitrogens with one attached hydrogen (secondary N) is 1. The molecule has 1 aliphatic carbocycles. The highest BCUT2D eigenvalue weighted by Gasteiger charge is 2.51. The molecule has 3 rings (SSSR count). The summed E-state index contributed by atoms with van der Waals surface area (Å²) in [7, 11) is 10.3. The van der Waals surface area contributed by atoms with Gasteiger partial charge in [-0.15, -0.1) is 0 Å². The number of hydrogen-bond donors (Lipinski definition) is 2. The molecule has 1 heterocycles. The molecule has 1 aromatic heterocycles. The Balaban J connectivity index is 2.42. The van der Waals surface area contributed by atoms with Gasteiger partial charge in [0.05, 0.1) is 0 Å². The number of amides is 1. The smallest absolute Gasteiger partial charge is 0.220 e. The Kier molecular flexibility index (Phi) is 3.34. The topological polar surface area (TPSA) is 58.9 Å². The van der Waals surface area contributed by atoms with Crippen molar-refractivity contribution in [3.63, 3.8) is 0 Å². The Hall–Kier alpha value is -1.16. The number of primary amides is 1. The fourth-order valence-electron chi connectivity index (χ4n) is 3.78. The fourth-order valence-corrected chi connectivity index (χ4v) is 4.03. The summed E-state index contributed by atoms with van der Waals surface area (Å²) in [4.78, 5) is 15.8. The SMILES string of the molecule is Bc1c(Cl)cc2c3c([nH]c2c1B)C(B)(C(N)=O)C(B)(B)CC3. The van der Waals surface area contributed by atoms with Crippen molar-refractivity contribution in [2.75, 3.05) is 0 Å². The van der Waals surface area contributed by atoms with Crippen LogP contribution >= 0.6 is 11.6 Å². The second-order valence-electron chi connectivity index (χ2n) is 7.38. The number of halogens is 1. The minimum absolute atomic E-state index is 0.181. The third-order valence-corrected chi connectivity index (χ3v) is 6.45. The maximum atomic E-state index is 12.3. The molecule has 0 radical (unpaired) electrons. The van der Waals surface area contributed by atoms with E-state index in [1.54, 1.807) is 0 Å². The highest BCUT2D eigenvalue weighted by Crippen LogP contribution is 2.50. The minimum Gasteiger partial charge on any atom is -0.370 e. The summed E-state index contributed by atoms with van der Waals surface area (Å²) in [6.07, 6.45) is 1.86. The van der Waals surface area contributed by atoms with Crippen LogP contribution in [-0.4, -0.2) is 50.1 Å².